The molecule has 1 aromatic rings. The summed E-state index contributed by atoms with van der Waals surface area (Å²) < 4.78 is 0. The van der Waals surface area contributed by atoms with E-state index in [2.05, 4.69) is 48.8 Å². The largest absolute Gasteiger partial charge is 0.285 e. The van der Waals surface area contributed by atoms with Gasteiger partial charge in [0.15, 0.2) is 0 Å². The molecule has 1 aliphatic rings. The Hall–Kier alpha value is -1.02. The Morgan fingerprint density at radius 3 is 2.53 bits per heavy atom. The standard InChI is InChI=1S/C15H19NS/c1-4-5-11-15(12(2)17-14(15)16-3)13-9-7-6-8-10-13/h6-10H,2,4-5,11H2,1,3H3. The molecule has 0 bridgehead atoms. The maximum Gasteiger partial charge on any atom is 0.0872 e. The average Bonchev–Trinajstić information content (AvgIpc) is 2.37. The van der Waals surface area contributed by atoms with E-state index in [9.17, 15) is 0 Å². The number of benzene rings is 1. The second-order valence-corrected chi connectivity index (χ2v) is 5.51. The molecule has 0 amide bonds. The van der Waals surface area contributed by atoms with E-state index in [1.807, 2.05) is 7.05 Å². The molecule has 0 aromatic heterocycles. The Kier molecular flexibility index (Phi) is 3.72. The number of rotatable bonds is 4. The van der Waals surface area contributed by atoms with Crippen molar-refractivity contribution in [3.8, 4) is 0 Å². The Balaban J connectivity index is 2.41. The molecule has 1 heterocycles. The average molecular weight is 245 g/mol. The zero-order valence-corrected chi connectivity index (χ0v) is 11.4. The van der Waals surface area contributed by atoms with Crippen LogP contribution in [0.25, 0.3) is 0 Å². The minimum atomic E-state index is 0.0106. The number of aliphatic imine (C=N–C) groups is 1. The summed E-state index contributed by atoms with van der Waals surface area (Å²) in [6.07, 6.45) is 3.56. The Morgan fingerprint density at radius 1 is 1.29 bits per heavy atom. The highest BCUT2D eigenvalue weighted by molar-refractivity contribution is 8.20. The van der Waals surface area contributed by atoms with E-state index in [1.54, 1.807) is 11.8 Å². The highest BCUT2D eigenvalue weighted by atomic mass is 32.2. The first kappa shape index (κ1) is 12.4. The van der Waals surface area contributed by atoms with Gasteiger partial charge in [0.2, 0.25) is 0 Å². The van der Waals surface area contributed by atoms with E-state index >= 15 is 0 Å². The zero-order valence-electron chi connectivity index (χ0n) is 10.6. The summed E-state index contributed by atoms with van der Waals surface area (Å²) >= 11 is 1.74. The SMILES string of the molecule is C=C1SC(=NC)C1(CCCC)c1ccccc1. The van der Waals surface area contributed by atoms with Crippen molar-refractivity contribution < 1.29 is 0 Å². The fourth-order valence-corrected chi connectivity index (χ4v) is 3.62. The molecule has 1 aromatic carbocycles. The molecule has 90 valence electrons. The van der Waals surface area contributed by atoms with Gasteiger partial charge in [0.25, 0.3) is 0 Å². The Labute approximate surface area is 108 Å². The minimum Gasteiger partial charge on any atom is -0.285 e. The number of allylic oxidation sites excluding steroid dienone is 1. The lowest BCUT2D eigenvalue weighted by molar-refractivity contribution is 0.581. The number of unbranched alkanes of at least 4 members (excludes halogenated alkanes) is 1. The van der Waals surface area contributed by atoms with Gasteiger partial charge < -0.3 is 0 Å². The predicted molar refractivity (Wildman–Crippen MR) is 77.7 cm³/mol. The lowest BCUT2D eigenvalue weighted by atomic mass is 9.76. The van der Waals surface area contributed by atoms with Crippen LogP contribution in [-0.2, 0) is 5.41 Å². The third-order valence-corrected chi connectivity index (χ3v) is 4.76. The molecule has 0 N–H and O–H groups in total. The lowest BCUT2D eigenvalue weighted by Gasteiger charge is -2.45. The van der Waals surface area contributed by atoms with Gasteiger partial charge in [-0.3, -0.25) is 4.99 Å². The van der Waals surface area contributed by atoms with Crippen LogP contribution in [0.2, 0.25) is 0 Å². The first-order valence-corrected chi connectivity index (χ1v) is 6.97. The molecule has 0 radical (unpaired) electrons. The second kappa shape index (κ2) is 5.09. The van der Waals surface area contributed by atoms with Crippen LogP contribution >= 0.6 is 11.8 Å². The number of hydrogen-bond donors (Lipinski definition) is 0. The van der Waals surface area contributed by atoms with Gasteiger partial charge in [-0.05, 0) is 12.0 Å². The van der Waals surface area contributed by atoms with Gasteiger partial charge in [0.1, 0.15) is 0 Å². The molecule has 1 fully saturated rings. The first-order valence-electron chi connectivity index (χ1n) is 6.15. The summed E-state index contributed by atoms with van der Waals surface area (Å²) in [4.78, 5) is 5.69. The predicted octanol–water partition coefficient (Wildman–Crippen LogP) is 4.40. The highest BCUT2D eigenvalue weighted by Gasteiger charge is 2.48. The Morgan fingerprint density at radius 2 is 2.00 bits per heavy atom. The molecule has 1 nitrogen and oxygen atoms in total. The van der Waals surface area contributed by atoms with Crippen molar-refractivity contribution in [3.05, 3.63) is 47.4 Å². The smallest absolute Gasteiger partial charge is 0.0872 e. The minimum absolute atomic E-state index is 0.0106. The topological polar surface area (TPSA) is 12.4 Å². The molecular formula is C15H19NS. The van der Waals surface area contributed by atoms with Crippen molar-refractivity contribution in [1.82, 2.24) is 0 Å². The number of nitrogens with zero attached hydrogens (tertiary/aromatic N) is 1. The van der Waals surface area contributed by atoms with Crippen molar-refractivity contribution in [3.63, 3.8) is 0 Å². The number of thioether (sulfide) groups is 1. The molecule has 2 heteroatoms. The van der Waals surface area contributed by atoms with E-state index in [0.717, 1.165) is 6.42 Å². The first-order chi connectivity index (χ1) is 8.25. The molecule has 1 unspecified atom stereocenters. The van der Waals surface area contributed by atoms with Crippen LogP contribution in [-0.4, -0.2) is 12.1 Å². The molecule has 0 saturated carbocycles. The maximum absolute atomic E-state index is 4.45. The van der Waals surface area contributed by atoms with Crippen LogP contribution in [0.5, 0.6) is 0 Å². The summed E-state index contributed by atoms with van der Waals surface area (Å²) in [5.41, 5.74) is 1.36. The van der Waals surface area contributed by atoms with E-state index < -0.39 is 0 Å². The van der Waals surface area contributed by atoms with Crippen molar-refractivity contribution in [2.45, 2.75) is 31.6 Å². The van der Waals surface area contributed by atoms with Gasteiger partial charge in [-0.25, -0.2) is 0 Å². The molecular weight excluding hydrogens is 226 g/mol. The molecule has 1 aliphatic heterocycles. The maximum atomic E-state index is 4.45. The van der Waals surface area contributed by atoms with E-state index in [-0.39, 0.29) is 5.41 Å². The fourth-order valence-electron chi connectivity index (χ4n) is 2.44. The quantitative estimate of drug-likeness (QED) is 0.765. The summed E-state index contributed by atoms with van der Waals surface area (Å²) in [5.74, 6) is 0. The molecule has 2 rings (SSSR count). The van der Waals surface area contributed by atoms with Gasteiger partial charge in [0, 0.05) is 12.0 Å². The second-order valence-electron chi connectivity index (χ2n) is 4.43. The highest BCUT2D eigenvalue weighted by Crippen LogP contribution is 2.55. The lowest BCUT2D eigenvalue weighted by Crippen LogP contribution is -2.43. The molecule has 1 atom stereocenters. The Bertz CT molecular complexity index is 435. The van der Waals surface area contributed by atoms with Crippen LogP contribution in [0.15, 0.2) is 46.8 Å². The van der Waals surface area contributed by atoms with Crippen LogP contribution in [0, 0.1) is 0 Å². The normalized spacial score (nSPS) is 26.0. The summed E-state index contributed by atoms with van der Waals surface area (Å²) in [6.45, 7) is 6.46. The van der Waals surface area contributed by atoms with Gasteiger partial charge in [-0.15, -0.1) is 0 Å². The van der Waals surface area contributed by atoms with Crippen LogP contribution < -0.4 is 0 Å². The van der Waals surface area contributed by atoms with Gasteiger partial charge >= 0.3 is 0 Å². The third-order valence-electron chi connectivity index (χ3n) is 3.44. The molecule has 1 saturated heterocycles. The van der Waals surface area contributed by atoms with Crippen molar-refractivity contribution in [2.75, 3.05) is 7.05 Å². The summed E-state index contributed by atoms with van der Waals surface area (Å²) in [5, 5.41) is 1.22. The fraction of sp³-hybridized carbons (Fsp3) is 0.400. The molecule has 17 heavy (non-hydrogen) atoms. The molecule has 0 spiro atoms. The van der Waals surface area contributed by atoms with Crippen LogP contribution in [0.1, 0.15) is 31.7 Å². The van der Waals surface area contributed by atoms with Gasteiger partial charge in [-0.2, -0.15) is 0 Å². The van der Waals surface area contributed by atoms with E-state index in [1.165, 1.54) is 28.4 Å². The monoisotopic (exact) mass is 245 g/mol. The van der Waals surface area contributed by atoms with E-state index in [0.29, 0.717) is 0 Å². The molecule has 0 aliphatic carbocycles. The van der Waals surface area contributed by atoms with Crippen LogP contribution in [0.4, 0.5) is 0 Å². The van der Waals surface area contributed by atoms with E-state index in [4.69, 9.17) is 0 Å². The van der Waals surface area contributed by atoms with Gasteiger partial charge in [-0.1, -0.05) is 68.4 Å². The summed E-state index contributed by atoms with van der Waals surface area (Å²) in [6, 6.07) is 10.7. The zero-order chi connectivity index (χ0) is 12.3. The van der Waals surface area contributed by atoms with Crippen molar-refractivity contribution in [2.24, 2.45) is 4.99 Å². The third kappa shape index (κ3) is 1.95. The van der Waals surface area contributed by atoms with Crippen LogP contribution in [0.3, 0.4) is 0 Å². The summed E-state index contributed by atoms with van der Waals surface area (Å²) in [7, 11) is 1.89. The van der Waals surface area contributed by atoms with Gasteiger partial charge in [0.05, 0.1) is 10.5 Å². The number of hydrogen-bond acceptors (Lipinski definition) is 2. The van der Waals surface area contributed by atoms with Crippen molar-refractivity contribution >= 4 is 16.8 Å². The van der Waals surface area contributed by atoms with Crippen molar-refractivity contribution in [1.29, 1.82) is 0 Å².